The molecule has 9 heteroatoms. The van der Waals surface area contributed by atoms with E-state index in [0.29, 0.717) is 16.9 Å². The maximum Gasteiger partial charge on any atom is 0.300 e. The third kappa shape index (κ3) is 4.14. The van der Waals surface area contributed by atoms with Crippen molar-refractivity contribution in [3.63, 3.8) is 0 Å². The number of hydrogen-bond acceptors (Lipinski definition) is 6. The predicted molar refractivity (Wildman–Crippen MR) is 125 cm³/mol. The molecule has 9 nitrogen and oxygen atoms in total. The third-order valence-electron chi connectivity index (χ3n) is 5.38. The van der Waals surface area contributed by atoms with Gasteiger partial charge in [-0.3, -0.25) is 29.4 Å². The highest BCUT2D eigenvalue weighted by Gasteiger charge is 2.46. The largest absolute Gasteiger partial charge is 0.507 e. The van der Waals surface area contributed by atoms with E-state index >= 15 is 0 Å². The third-order valence-corrected chi connectivity index (χ3v) is 5.38. The Hall–Kier alpha value is -4.79. The van der Waals surface area contributed by atoms with Crippen LogP contribution in [-0.2, 0) is 14.4 Å². The first-order valence-corrected chi connectivity index (χ1v) is 10.3. The number of amides is 2. The van der Waals surface area contributed by atoms with Crippen molar-refractivity contribution in [3.8, 4) is 0 Å². The molecule has 1 atom stereocenters. The Morgan fingerprint density at radius 1 is 0.971 bits per heavy atom. The Bertz CT molecular complexity index is 1320. The molecule has 170 valence electrons. The first-order chi connectivity index (χ1) is 16.3. The SMILES string of the molecule is CC(=O)Nc1ccc(N2C(=O)C(=O)C(=C(O)c3ccc([N+](=O)[O-])cc3)[C@@H]2c2ccccc2)cc1. The molecule has 0 aliphatic carbocycles. The van der Waals surface area contributed by atoms with E-state index in [1.54, 1.807) is 54.6 Å². The molecule has 0 unspecified atom stereocenters. The van der Waals surface area contributed by atoms with Crippen LogP contribution in [0.5, 0.6) is 0 Å². The van der Waals surface area contributed by atoms with Crippen LogP contribution < -0.4 is 10.2 Å². The molecule has 2 amide bonds. The molecule has 3 aromatic rings. The normalized spacial score (nSPS) is 17.0. The molecule has 1 aliphatic heterocycles. The van der Waals surface area contributed by atoms with Crippen molar-refractivity contribution < 1.29 is 24.4 Å². The first-order valence-electron chi connectivity index (χ1n) is 10.3. The number of aliphatic hydroxyl groups excluding tert-OH is 1. The molecule has 3 aromatic carbocycles. The number of carbonyl (C=O) groups excluding carboxylic acids is 3. The van der Waals surface area contributed by atoms with Crippen LogP contribution in [0, 0.1) is 10.1 Å². The number of Topliss-reactive ketones (excluding diaryl/α,β-unsaturated/α-hetero) is 1. The molecule has 0 aromatic heterocycles. The van der Waals surface area contributed by atoms with Gasteiger partial charge in [-0.1, -0.05) is 30.3 Å². The van der Waals surface area contributed by atoms with Crippen LogP contribution in [-0.4, -0.2) is 27.6 Å². The number of carbonyl (C=O) groups is 3. The number of ketones is 1. The van der Waals surface area contributed by atoms with Crippen LogP contribution in [0.15, 0.2) is 84.4 Å². The number of nitrogens with one attached hydrogen (secondary N) is 1. The zero-order valence-corrected chi connectivity index (χ0v) is 18.0. The zero-order chi connectivity index (χ0) is 24.4. The highest BCUT2D eigenvalue weighted by Crippen LogP contribution is 2.42. The number of nitro groups is 1. The molecule has 4 rings (SSSR count). The zero-order valence-electron chi connectivity index (χ0n) is 18.0. The summed E-state index contributed by atoms with van der Waals surface area (Å²) in [6.45, 7) is 1.38. The first kappa shape index (κ1) is 22.4. The van der Waals surface area contributed by atoms with Gasteiger partial charge in [0, 0.05) is 36.0 Å². The number of hydrogen-bond donors (Lipinski definition) is 2. The van der Waals surface area contributed by atoms with Gasteiger partial charge in [-0.05, 0) is 42.0 Å². The average molecular weight is 457 g/mol. The average Bonchev–Trinajstić information content (AvgIpc) is 3.10. The number of aliphatic hydroxyl groups is 1. The van der Waals surface area contributed by atoms with Crippen LogP contribution in [0.25, 0.3) is 5.76 Å². The second-order valence-corrected chi connectivity index (χ2v) is 7.61. The lowest BCUT2D eigenvalue weighted by molar-refractivity contribution is -0.384. The van der Waals surface area contributed by atoms with E-state index in [1.165, 1.54) is 36.1 Å². The van der Waals surface area contributed by atoms with Gasteiger partial charge < -0.3 is 10.4 Å². The van der Waals surface area contributed by atoms with Gasteiger partial charge in [0.2, 0.25) is 5.91 Å². The number of nitro benzene ring substituents is 1. The number of non-ortho nitro benzene ring substituents is 1. The standard InChI is InChI=1S/C25H19N3O6/c1-15(29)26-18-9-13-19(14-10-18)27-22(16-5-3-2-4-6-16)21(24(31)25(27)32)23(30)17-7-11-20(12-8-17)28(33)34/h2-14,22,30H,1H3,(H,26,29)/t22-/m0/s1. The molecule has 0 radical (unpaired) electrons. The number of anilines is 2. The molecule has 0 saturated carbocycles. The number of nitrogens with zero attached hydrogens (tertiary/aromatic N) is 2. The summed E-state index contributed by atoms with van der Waals surface area (Å²) in [6, 6.07) is 19.3. The van der Waals surface area contributed by atoms with Gasteiger partial charge in [0.05, 0.1) is 16.5 Å². The van der Waals surface area contributed by atoms with Crippen LogP contribution in [0.3, 0.4) is 0 Å². The molecular weight excluding hydrogens is 438 g/mol. The molecule has 1 heterocycles. The minimum absolute atomic E-state index is 0.129. The van der Waals surface area contributed by atoms with Crippen LogP contribution >= 0.6 is 0 Å². The summed E-state index contributed by atoms with van der Waals surface area (Å²) in [5, 5.41) is 24.6. The van der Waals surface area contributed by atoms with Crippen molar-refractivity contribution in [2.45, 2.75) is 13.0 Å². The Morgan fingerprint density at radius 2 is 1.59 bits per heavy atom. The molecule has 1 aliphatic rings. The summed E-state index contributed by atoms with van der Waals surface area (Å²) in [5.41, 5.74) is 1.39. The van der Waals surface area contributed by atoms with E-state index in [0.717, 1.165) is 0 Å². The van der Waals surface area contributed by atoms with Gasteiger partial charge in [-0.15, -0.1) is 0 Å². The number of rotatable bonds is 5. The van der Waals surface area contributed by atoms with Crippen molar-refractivity contribution in [1.82, 2.24) is 0 Å². The smallest absolute Gasteiger partial charge is 0.300 e. The van der Waals surface area contributed by atoms with E-state index in [1.807, 2.05) is 0 Å². The van der Waals surface area contributed by atoms with Gasteiger partial charge in [0.15, 0.2) is 0 Å². The Morgan fingerprint density at radius 3 is 2.15 bits per heavy atom. The van der Waals surface area contributed by atoms with Gasteiger partial charge in [-0.25, -0.2) is 0 Å². The van der Waals surface area contributed by atoms with E-state index in [2.05, 4.69) is 5.32 Å². The molecule has 1 fully saturated rings. The predicted octanol–water partition coefficient (Wildman–Crippen LogP) is 4.18. The van der Waals surface area contributed by atoms with Crippen molar-refractivity contribution in [1.29, 1.82) is 0 Å². The Balaban J connectivity index is 1.84. The topological polar surface area (TPSA) is 130 Å². The van der Waals surface area contributed by atoms with E-state index < -0.39 is 28.4 Å². The lowest BCUT2D eigenvalue weighted by Gasteiger charge is -2.25. The fraction of sp³-hybridized carbons (Fsp3) is 0.0800. The quantitative estimate of drug-likeness (QED) is 0.194. The van der Waals surface area contributed by atoms with Crippen LogP contribution in [0.1, 0.15) is 24.1 Å². The van der Waals surface area contributed by atoms with Crippen LogP contribution in [0.4, 0.5) is 17.1 Å². The minimum atomic E-state index is -0.928. The van der Waals surface area contributed by atoms with Crippen molar-refractivity contribution >= 4 is 40.4 Å². The fourth-order valence-corrected chi connectivity index (χ4v) is 3.85. The summed E-state index contributed by atoms with van der Waals surface area (Å²) in [7, 11) is 0. The van der Waals surface area contributed by atoms with Crippen molar-refractivity contribution in [2.24, 2.45) is 0 Å². The molecular formula is C25H19N3O6. The number of benzene rings is 3. The van der Waals surface area contributed by atoms with Crippen molar-refractivity contribution in [2.75, 3.05) is 10.2 Å². The molecule has 0 bridgehead atoms. The Labute approximate surface area is 194 Å². The van der Waals surface area contributed by atoms with Crippen molar-refractivity contribution in [3.05, 3.63) is 106 Å². The maximum absolute atomic E-state index is 13.1. The molecule has 0 spiro atoms. The van der Waals surface area contributed by atoms with E-state index in [-0.39, 0.29) is 22.7 Å². The highest BCUT2D eigenvalue weighted by molar-refractivity contribution is 6.51. The monoisotopic (exact) mass is 457 g/mol. The summed E-state index contributed by atoms with van der Waals surface area (Å²) in [5.74, 6) is -2.39. The summed E-state index contributed by atoms with van der Waals surface area (Å²) in [6.07, 6.45) is 0. The lowest BCUT2D eigenvalue weighted by atomic mass is 9.95. The second kappa shape index (κ2) is 8.99. The minimum Gasteiger partial charge on any atom is -0.507 e. The van der Waals surface area contributed by atoms with Gasteiger partial charge in [0.1, 0.15) is 5.76 Å². The van der Waals surface area contributed by atoms with Crippen LogP contribution in [0.2, 0.25) is 0 Å². The highest BCUT2D eigenvalue weighted by atomic mass is 16.6. The summed E-state index contributed by atoms with van der Waals surface area (Å²) in [4.78, 5) is 49.2. The lowest BCUT2D eigenvalue weighted by Crippen LogP contribution is -2.29. The summed E-state index contributed by atoms with van der Waals surface area (Å²) < 4.78 is 0. The van der Waals surface area contributed by atoms with E-state index in [4.69, 9.17) is 0 Å². The van der Waals surface area contributed by atoms with Gasteiger partial charge >= 0.3 is 0 Å². The Kier molecular flexibility index (Phi) is 5.92. The fourth-order valence-electron chi connectivity index (χ4n) is 3.85. The molecule has 1 saturated heterocycles. The molecule has 2 N–H and O–H groups in total. The summed E-state index contributed by atoms with van der Waals surface area (Å²) >= 11 is 0. The van der Waals surface area contributed by atoms with E-state index in [9.17, 15) is 29.6 Å². The van der Waals surface area contributed by atoms with Gasteiger partial charge in [-0.2, -0.15) is 0 Å². The molecule has 34 heavy (non-hydrogen) atoms. The maximum atomic E-state index is 13.1. The second-order valence-electron chi connectivity index (χ2n) is 7.61. The van der Waals surface area contributed by atoms with Gasteiger partial charge in [0.25, 0.3) is 17.4 Å².